The molecular formula is C16H18N2O3S. The minimum absolute atomic E-state index is 0.181. The number of nitrogens with zero attached hydrogens (tertiary/aromatic N) is 1. The van der Waals surface area contributed by atoms with Crippen LogP contribution >= 0.6 is 11.3 Å². The standard InChI is InChI=1S/C16H18N2O3S/c1-2-5-15-18-11(10-22-15)8-17-16(19)14-9-20-12-6-3-4-7-13(12)21-14/h3-4,6-7,10,14H,2,5,8-9H2,1H3,(H,17,19)/t14-/m1/s1. The fraction of sp³-hybridized carbons (Fsp3) is 0.375. The van der Waals surface area contributed by atoms with Crippen molar-refractivity contribution in [2.24, 2.45) is 0 Å². The number of thiazole rings is 1. The molecule has 116 valence electrons. The van der Waals surface area contributed by atoms with Crippen molar-refractivity contribution in [1.29, 1.82) is 0 Å². The quantitative estimate of drug-likeness (QED) is 0.920. The molecule has 6 heteroatoms. The van der Waals surface area contributed by atoms with Gasteiger partial charge in [0.05, 0.1) is 17.2 Å². The number of hydrogen-bond donors (Lipinski definition) is 1. The summed E-state index contributed by atoms with van der Waals surface area (Å²) in [7, 11) is 0. The molecule has 2 heterocycles. The zero-order valence-corrected chi connectivity index (χ0v) is 13.2. The molecule has 1 atom stereocenters. The molecule has 1 aromatic carbocycles. The molecule has 1 N–H and O–H groups in total. The molecule has 0 fully saturated rings. The Bertz CT molecular complexity index is 656. The summed E-state index contributed by atoms with van der Waals surface area (Å²) in [5.74, 6) is 1.10. The molecule has 2 aromatic rings. The molecule has 5 nitrogen and oxygen atoms in total. The average molecular weight is 318 g/mol. The van der Waals surface area contributed by atoms with Crippen LogP contribution in [-0.2, 0) is 17.8 Å². The van der Waals surface area contributed by atoms with Crippen LogP contribution in [0.5, 0.6) is 11.5 Å². The third-order valence-electron chi connectivity index (χ3n) is 3.31. The van der Waals surface area contributed by atoms with Crippen molar-refractivity contribution in [2.75, 3.05) is 6.61 Å². The van der Waals surface area contributed by atoms with Gasteiger partial charge in [-0.05, 0) is 25.0 Å². The first-order valence-electron chi connectivity index (χ1n) is 7.35. The third-order valence-corrected chi connectivity index (χ3v) is 4.27. The van der Waals surface area contributed by atoms with Crippen LogP contribution in [-0.4, -0.2) is 23.6 Å². The van der Waals surface area contributed by atoms with Crippen molar-refractivity contribution in [3.63, 3.8) is 0 Å². The molecule has 3 rings (SSSR count). The Kier molecular flexibility index (Phi) is 4.58. The van der Waals surface area contributed by atoms with Gasteiger partial charge in [-0.2, -0.15) is 0 Å². The van der Waals surface area contributed by atoms with E-state index in [0.29, 0.717) is 18.0 Å². The molecule has 0 aliphatic carbocycles. The lowest BCUT2D eigenvalue weighted by Gasteiger charge is -2.25. The van der Waals surface area contributed by atoms with Crippen molar-refractivity contribution in [3.8, 4) is 11.5 Å². The second-order valence-electron chi connectivity index (χ2n) is 5.06. The lowest BCUT2D eigenvalue weighted by atomic mass is 10.2. The summed E-state index contributed by atoms with van der Waals surface area (Å²) in [6.45, 7) is 2.77. The Balaban J connectivity index is 1.54. The second-order valence-corrected chi connectivity index (χ2v) is 6.01. The predicted molar refractivity (Wildman–Crippen MR) is 84.3 cm³/mol. The minimum atomic E-state index is -0.622. The predicted octanol–water partition coefficient (Wildman–Crippen LogP) is 2.55. The SMILES string of the molecule is CCCc1nc(CNC(=O)[C@H]2COc3ccccc3O2)cs1. The zero-order valence-electron chi connectivity index (χ0n) is 12.4. The molecule has 1 aliphatic heterocycles. The summed E-state index contributed by atoms with van der Waals surface area (Å²) < 4.78 is 11.2. The van der Waals surface area contributed by atoms with E-state index >= 15 is 0 Å². The molecule has 1 amide bonds. The number of carbonyl (C=O) groups is 1. The highest BCUT2D eigenvalue weighted by molar-refractivity contribution is 7.09. The van der Waals surface area contributed by atoms with Crippen molar-refractivity contribution in [2.45, 2.75) is 32.4 Å². The highest BCUT2D eigenvalue weighted by Crippen LogP contribution is 2.30. The van der Waals surface area contributed by atoms with Gasteiger partial charge in [-0.15, -0.1) is 11.3 Å². The number of fused-ring (bicyclic) bond motifs is 1. The number of para-hydroxylation sites is 2. The Morgan fingerprint density at radius 3 is 3.05 bits per heavy atom. The molecule has 0 spiro atoms. The van der Waals surface area contributed by atoms with E-state index < -0.39 is 6.10 Å². The summed E-state index contributed by atoms with van der Waals surface area (Å²) in [6, 6.07) is 7.35. The number of aryl methyl sites for hydroxylation is 1. The van der Waals surface area contributed by atoms with Crippen molar-refractivity contribution in [1.82, 2.24) is 10.3 Å². The lowest BCUT2D eigenvalue weighted by Crippen LogP contribution is -2.43. The van der Waals surface area contributed by atoms with Gasteiger partial charge < -0.3 is 14.8 Å². The molecule has 0 unspecified atom stereocenters. The number of hydrogen-bond acceptors (Lipinski definition) is 5. The van der Waals surface area contributed by atoms with Crippen molar-refractivity contribution < 1.29 is 14.3 Å². The van der Waals surface area contributed by atoms with Crippen LogP contribution in [0.15, 0.2) is 29.6 Å². The molecule has 0 saturated heterocycles. The maximum atomic E-state index is 12.2. The van der Waals surface area contributed by atoms with E-state index in [1.54, 1.807) is 17.4 Å². The topological polar surface area (TPSA) is 60.5 Å². The van der Waals surface area contributed by atoms with E-state index in [1.165, 1.54) is 0 Å². The van der Waals surface area contributed by atoms with Gasteiger partial charge in [-0.25, -0.2) is 4.98 Å². The van der Waals surface area contributed by atoms with Crippen LogP contribution in [0.2, 0.25) is 0 Å². The number of amides is 1. The smallest absolute Gasteiger partial charge is 0.265 e. The van der Waals surface area contributed by atoms with Gasteiger partial charge in [0.1, 0.15) is 6.61 Å². The van der Waals surface area contributed by atoms with Gasteiger partial charge >= 0.3 is 0 Å². The molecule has 0 bridgehead atoms. The number of carbonyl (C=O) groups excluding carboxylic acids is 1. The van der Waals surface area contributed by atoms with E-state index in [9.17, 15) is 4.79 Å². The van der Waals surface area contributed by atoms with Gasteiger partial charge in [-0.3, -0.25) is 4.79 Å². The van der Waals surface area contributed by atoms with E-state index in [-0.39, 0.29) is 12.5 Å². The number of nitrogens with one attached hydrogen (secondary N) is 1. The van der Waals surface area contributed by atoms with Gasteiger partial charge in [0.15, 0.2) is 11.5 Å². The third kappa shape index (κ3) is 3.39. The van der Waals surface area contributed by atoms with E-state index in [4.69, 9.17) is 9.47 Å². The van der Waals surface area contributed by atoms with Crippen LogP contribution in [0.3, 0.4) is 0 Å². The first-order chi connectivity index (χ1) is 10.8. The molecule has 0 radical (unpaired) electrons. The van der Waals surface area contributed by atoms with Crippen molar-refractivity contribution >= 4 is 17.2 Å². The zero-order chi connectivity index (χ0) is 15.4. The van der Waals surface area contributed by atoms with Crippen LogP contribution in [0.1, 0.15) is 24.0 Å². The first-order valence-corrected chi connectivity index (χ1v) is 8.23. The Morgan fingerprint density at radius 1 is 1.41 bits per heavy atom. The van der Waals surface area contributed by atoms with Gasteiger partial charge in [0, 0.05) is 5.38 Å². The van der Waals surface area contributed by atoms with Crippen LogP contribution in [0, 0.1) is 0 Å². The summed E-state index contributed by atoms with van der Waals surface area (Å²) in [5, 5.41) is 5.95. The summed E-state index contributed by atoms with van der Waals surface area (Å²) in [4.78, 5) is 16.7. The van der Waals surface area contributed by atoms with Gasteiger partial charge in [-0.1, -0.05) is 19.1 Å². The first kappa shape index (κ1) is 14.8. The fourth-order valence-corrected chi connectivity index (χ4v) is 3.10. The summed E-state index contributed by atoms with van der Waals surface area (Å²) in [6.07, 6.45) is 1.43. The largest absolute Gasteiger partial charge is 0.485 e. The average Bonchev–Trinajstić information content (AvgIpc) is 3.00. The van der Waals surface area contributed by atoms with Gasteiger partial charge in [0.25, 0.3) is 5.91 Å². The number of aromatic nitrogens is 1. The Labute approximate surface area is 133 Å². The Morgan fingerprint density at radius 2 is 2.23 bits per heavy atom. The monoisotopic (exact) mass is 318 g/mol. The number of benzene rings is 1. The molecule has 1 aromatic heterocycles. The highest BCUT2D eigenvalue weighted by atomic mass is 32.1. The normalized spacial score (nSPS) is 16.3. The summed E-state index contributed by atoms with van der Waals surface area (Å²) in [5.41, 5.74) is 0.888. The van der Waals surface area contributed by atoms with E-state index in [0.717, 1.165) is 23.5 Å². The fourth-order valence-electron chi connectivity index (χ4n) is 2.20. The lowest BCUT2D eigenvalue weighted by molar-refractivity contribution is -0.130. The maximum absolute atomic E-state index is 12.2. The van der Waals surface area contributed by atoms with Crippen LogP contribution in [0.4, 0.5) is 0 Å². The van der Waals surface area contributed by atoms with E-state index in [1.807, 2.05) is 23.6 Å². The summed E-state index contributed by atoms with van der Waals surface area (Å²) >= 11 is 1.63. The second kappa shape index (κ2) is 6.79. The number of rotatable bonds is 5. The number of ether oxygens (including phenoxy) is 2. The van der Waals surface area contributed by atoms with Crippen LogP contribution < -0.4 is 14.8 Å². The molecule has 1 aliphatic rings. The maximum Gasteiger partial charge on any atom is 0.265 e. The molecular weight excluding hydrogens is 300 g/mol. The Hall–Kier alpha value is -2.08. The highest BCUT2D eigenvalue weighted by Gasteiger charge is 2.27. The minimum Gasteiger partial charge on any atom is -0.485 e. The van der Waals surface area contributed by atoms with E-state index in [2.05, 4.69) is 17.2 Å². The van der Waals surface area contributed by atoms with Gasteiger partial charge in [0.2, 0.25) is 6.10 Å². The molecule has 22 heavy (non-hydrogen) atoms. The molecule has 0 saturated carbocycles. The van der Waals surface area contributed by atoms with Crippen molar-refractivity contribution in [3.05, 3.63) is 40.3 Å². The van der Waals surface area contributed by atoms with Crippen LogP contribution in [0.25, 0.3) is 0 Å².